The number of piperidine rings is 1. The Kier molecular flexibility index (Phi) is 7.70. The molecule has 8 nitrogen and oxygen atoms in total. The Hall–Kier alpha value is -3.29. The Morgan fingerprint density at radius 2 is 2.03 bits per heavy atom. The van der Waals surface area contributed by atoms with E-state index in [4.69, 9.17) is 23.9 Å². The van der Waals surface area contributed by atoms with Gasteiger partial charge in [0.1, 0.15) is 17.7 Å². The highest BCUT2D eigenvalue weighted by molar-refractivity contribution is 5.93. The lowest BCUT2D eigenvalue weighted by Gasteiger charge is -2.34. The zero-order chi connectivity index (χ0) is 22.2. The van der Waals surface area contributed by atoms with Crippen LogP contribution in [-0.2, 0) is 9.47 Å². The van der Waals surface area contributed by atoms with E-state index in [1.54, 1.807) is 31.7 Å². The first kappa shape index (κ1) is 22.4. The van der Waals surface area contributed by atoms with Gasteiger partial charge in [0.05, 0.1) is 44.5 Å². The lowest BCUT2D eigenvalue weighted by molar-refractivity contribution is 0.0600. The largest absolute Gasteiger partial charge is 0.501 e. The van der Waals surface area contributed by atoms with Crippen LogP contribution in [0.5, 0.6) is 11.6 Å². The summed E-state index contributed by atoms with van der Waals surface area (Å²) in [5.74, 6) is 1.74. The fraction of sp³-hybridized carbons (Fsp3) is 0.435. The predicted octanol–water partition coefficient (Wildman–Crippen LogP) is 3.64. The Morgan fingerprint density at radius 1 is 1.26 bits per heavy atom. The van der Waals surface area contributed by atoms with Crippen LogP contribution in [0.4, 0.5) is 5.82 Å². The van der Waals surface area contributed by atoms with Crippen molar-refractivity contribution in [3.05, 3.63) is 47.5 Å². The maximum atomic E-state index is 12.2. The molecule has 0 spiro atoms. The molecule has 0 N–H and O–H groups in total. The van der Waals surface area contributed by atoms with E-state index in [0.29, 0.717) is 23.7 Å². The van der Waals surface area contributed by atoms with Crippen molar-refractivity contribution in [1.29, 1.82) is 0 Å². The summed E-state index contributed by atoms with van der Waals surface area (Å²) >= 11 is 0. The summed E-state index contributed by atoms with van der Waals surface area (Å²) in [5.41, 5.74) is 1.88. The molecule has 0 amide bonds. The van der Waals surface area contributed by atoms with Crippen LogP contribution in [-0.4, -0.2) is 56.0 Å². The van der Waals surface area contributed by atoms with E-state index in [0.717, 1.165) is 43.1 Å². The molecule has 0 saturated carbocycles. The van der Waals surface area contributed by atoms with Crippen molar-refractivity contribution in [3.8, 4) is 11.6 Å². The minimum absolute atomic E-state index is 0.110. The fourth-order valence-corrected chi connectivity index (χ4v) is 3.48. The van der Waals surface area contributed by atoms with E-state index in [1.807, 2.05) is 26.0 Å². The average molecular weight is 428 g/mol. The first-order valence-corrected chi connectivity index (χ1v) is 10.4. The molecule has 3 heterocycles. The predicted molar refractivity (Wildman–Crippen MR) is 118 cm³/mol. The van der Waals surface area contributed by atoms with E-state index in [2.05, 4.69) is 9.88 Å². The molecule has 1 aliphatic heterocycles. The van der Waals surface area contributed by atoms with E-state index in [-0.39, 0.29) is 6.10 Å². The molecule has 0 atom stereocenters. The third kappa shape index (κ3) is 5.65. The normalized spacial score (nSPS) is 14.5. The van der Waals surface area contributed by atoms with Crippen LogP contribution in [0.3, 0.4) is 0 Å². The van der Waals surface area contributed by atoms with Gasteiger partial charge in [0.2, 0.25) is 5.88 Å². The van der Waals surface area contributed by atoms with Crippen LogP contribution < -0.4 is 14.4 Å². The highest BCUT2D eigenvalue weighted by atomic mass is 16.5. The number of carbonyl (C=O) groups is 1. The van der Waals surface area contributed by atoms with Gasteiger partial charge in [-0.15, -0.1) is 0 Å². The minimum Gasteiger partial charge on any atom is -0.501 e. The maximum Gasteiger partial charge on any atom is 0.340 e. The van der Waals surface area contributed by atoms with Crippen molar-refractivity contribution in [3.63, 3.8) is 0 Å². The lowest BCUT2D eigenvalue weighted by Crippen LogP contribution is -2.39. The molecule has 0 radical (unpaired) electrons. The van der Waals surface area contributed by atoms with E-state index in [1.165, 1.54) is 7.11 Å². The Bertz CT molecular complexity index is 906. The van der Waals surface area contributed by atoms with Gasteiger partial charge in [-0.3, -0.25) is 0 Å². The summed E-state index contributed by atoms with van der Waals surface area (Å²) in [4.78, 5) is 23.3. The van der Waals surface area contributed by atoms with Gasteiger partial charge in [0.15, 0.2) is 0 Å². The topological polar surface area (TPSA) is 83.0 Å². The van der Waals surface area contributed by atoms with Gasteiger partial charge < -0.3 is 23.8 Å². The Morgan fingerprint density at radius 3 is 2.65 bits per heavy atom. The fourth-order valence-electron chi connectivity index (χ4n) is 3.48. The molecular weight excluding hydrogens is 398 g/mol. The van der Waals surface area contributed by atoms with Crippen LogP contribution in [0.25, 0.3) is 6.08 Å². The number of ether oxygens (including phenoxy) is 4. The Labute approximate surface area is 182 Å². The number of anilines is 1. The lowest BCUT2D eigenvalue weighted by atomic mass is 10.1. The molecule has 0 unspecified atom stereocenters. The summed E-state index contributed by atoms with van der Waals surface area (Å²) in [7, 11) is 2.95. The zero-order valence-corrected chi connectivity index (χ0v) is 18.5. The molecule has 2 aromatic rings. The molecule has 0 bridgehead atoms. The summed E-state index contributed by atoms with van der Waals surface area (Å²) in [6.07, 6.45) is 6.76. The molecule has 2 aromatic heterocycles. The maximum absolute atomic E-state index is 12.2. The van der Waals surface area contributed by atoms with Crippen molar-refractivity contribution in [2.75, 3.05) is 38.8 Å². The van der Waals surface area contributed by atoms with Crippen LogP contribution in [0.1, 0.15) is 41.4 Å². The first-order valence-electron chi connectivity index (χ1n) is 10.4. The second kappa shape index (κ2) is 10.7. The van der Waals surface area contributed by atoms with Crippen molar-refractivity contribution in [2.24, 2.45) is 0 Å². The number of pyridine rings is 2. The number of hydrogen-bond acceptors (Lipinski definition) is 8. The monoisotopic (exact) mass is 427 g/mol. The van der Waals surface area contributed by atoms with Crippen LogP contribution >= 0.6 is 0 Å². The SMILES string of the molecule is CCOC=Cc1nc(N2CCC(Oc3ccc(OC)nc3)CC2)c(C)cc1C(=O)OC. The number of aryl methyl sites for hydroxylation is 1. The van der Waals surface area contributed by atoms with E-state index >= 15 is 0 Å². The first-order chi connectivity index (χ1) is 15.0. The molecular formula is C23H29N3O5. The van der Waals surface area contributed by atoms with Gasteiger partial charge in [-0.05, 0) is 37.6 Å². The minimum atomic E-state index is -0.418. The molecule has 0 aromatic carbocycles. The molecule has 1 fully saturated rings. The third-order valence-electron chi connectivity index (χ3n) is 5.07. The van der Waals surface area contributed by atoms with Crippen LogP contribution in [0.15, 0.2) is 30.7 Å². The second-order valence-electron chi connectivity index (χ2n) is 7.15. The molecule has 3 rings (SSSR count). The number of rotatable bonds is 8. The van der Waals surface area contributed by atoms with Crippen molar-refractivity contribution >= 4 is 17.9 Å². The van der Waals surface area contributed by atoms with Crippen LogP contribution in [0.2, 0.25) is 0 Å². The molecule has 8 heteroatoms. The van der Waals surface area contributed by atoms with Crippen molar-refractivity contribution in [2.45, 2.75) is 32.8 Å². The zero-order valence-electron chi connectivity index (χ0n) is 18.5. The number of aromatic nitrogens is 2. The summed E-state index contributed by atoms with van der Waals surface area (Å²) in [6, 6.07) is 5.48. The van der Waals surface area contributed by atoms with Crippen molar-refractivity contribution < 1.29 is 23.7 Å². The molecule has 1 aliphatic rings. The number of carbonyl (C=O) groups excluding carboxylic acids is 1. The summed E-state index contributed by atoms with van der Waals surface area (Å²) in [5, 5.41) is 0. The molecule has 0 aliphatic carbocycles. The third-order valence-corrected chi connectivity index (χ3v) is 5.07. The summed E-state index contributed by atoms with van der Waals surface area (Å²) in [6.45, 7) is 5.99. The van der Waals surface area contributed by atoms with Gasteiger partial charge >= 0.3 is 5.97 Å². The number of nitrogens with zero attached hydrogens (tertiary/aromatic N) is 3. The standard InChI is InChI=1S/C23H29N3O5/c1-5-30-13-10-20-19(23(27)29-4)14-16(2)22(25-20)26-11-8-17(9-12-26)31-18-6-7-21(28-3)24-15-18/h6-7,10,13-15,17H,5,8-9,11-12H2,1-4H3. The molecule has 31 heavy (non-hydrogen) atoms. The van der Waals surface area contributed by atoms with Gasteiger partial charge in [-0.1, -0.05) is 0 Å². The highest BCUT2D eigenvalue weighted by Crippen LogP contribution is 2.27. The van der Waals surface area contributed by atoms with Gasteiger partial charge in [0, 0.05) is 32.0 Å². The van der Waals surface area contributed by atoms with Crippen molar-refractivity contribution in [1.82, 2.24) is 9.97 Å². The number of hydrogen-bond donors (Lipinski definition) is 0. The molecule has 1 saturated heterocycles. The highest BCUT2D eigenvalue weighted by Gasteiger charge is 2.24. The average Bonchev–Trinajstić information content (AvgIpc) is 2.80. The van der Waals surface area contributed by atoms with Gasteiger partial charge in [0.25, 0.3) is 0 Å². The Balaban J connectivity index is 1.71. The molecule has 166 valence electrons. The van der Waals surface area contributed by atoms with E-state index < -0.39 is 5.97 Å². The van der Waals surface area contributed by atoms with Gasteiger partial charge in [-0.25, -0.2) is 14.8 Å². The smallest absolute Gasteiger partial charge is 0.340 e. The van der Waals surface area contributed by atoms with Crippen LogP contribution in [0, 0.1) is 6.92 Å². The quantitative estimate of drug-likeness (QED) is 0.467. The van der Waals surface area contributed by atoms with Gasteiger partial charge in [-0.2, -0.15) is 0 Å². The van der Waals surface area contributed by atoms with E-state index in [9.17, 15) is 4.79 Å². The second-order valence-corrected chi connectivity index (χ2v) is 7.15. The number of esters is 1. The summed E-state index contributed by atoms with van der Waals surface area (Å²) < 4.78 is 21.4. The number of methoxy groups -OCH3 is 2.